The van der Waals surface area contributed by atoms with E-state index in [9.17, 15) is 9.59 Å². The molecular formula is C17H19N3O3S. The standard InChI is InChI=1S/C17H19N3O3S/c1-17(2,3)23-16(22)20-14-10-11(6-8-19-14)9-13-12(15(21)24)5-4-7-18-13/h4-8,10H,9H2,1-3H3,(H,21,24)(H,19,20,22). The first-order valence-corrected chi connectivity index (χ1v) is 7.81. The number of aromatic nitrogens is 2. The minimum absolute atomic E-state index is 0.334. The molecule has 0 aliphatic rings. The van der Waals surface area contributed by atoms with Crippen LogP contribution in [0.15, 0.2) is 36.7 Å². The summed E-state index contributed by atoms with van der Waals surface area (Å²) in [5.41, 5.74) is 1.34. The normalized spacial score (nSPS) is 11.0. The molecule has 2 aromatic heterocycles. The zero-order valence-corrected chi connectivity index (χ0v) is 14.6. The van der Waals surface area contributed by atoms with E-state index >= 15 is 0 Å². The Morgan fingerprint density at radius 2 is 1.96 bits per heavy atom. The highest BCUT2D eigenvalue weighted by Crippen LogP contribution is 2.16. The van der Waals surface area contributed by atoms with Gasteiger partial charge in [0.2, 0.25) is 5.12 Å². The fourth-order valence-electron chi connectivity index (χ4n) is 2.03. The lowest BCUT2D eigenvalue weighted by atomic mass is 10.1. The van der Waals surface area contributed by atoms with E-state index in [1.807, 2.05) is 0 Å². The highest BCUT2D eigenvalue weighted by atomic mass is 32.1. The summed E-state index contributed by atoms with van der Waals surface area (Å²) >= 11 is 3.86. The number of hydrogen-bond acceptors (Lipinski definition) is 5. The Bertz CT molecular complexity index is 757. The Kier molecular flexibility index (Phi) is 5.56. The Morgan fingerprint density at radius 1 is 1.21 bits per heavy atom. The van der Waals surface area contributed by atoms with Crippen molar-refractivity contribution in [1.29, 1.82) is 0 Å². The number of nitrogens with zero attached hydrogens (tertiary/aromatic N) is 2. The molecule has 0 aliphatic carbocycles. The van der Waals surface area contributed by atoms with Gasteiger partial charge in [-0.25, -0.2) is 9.78 Å². The molecule has 6 nitrogen and oxygen atoms in total. The number of amides is 1. The molecule has 1 amide bonds. The third-order valence-corrected chi connectivity index (χ3v) is 3.19. The van der Waals surface area contributed by atoms with Crippen molar-refractivity contribution < 1.29 is 14.3 Å². The lowest BCUT2D eigenvalue weighted by Crippen LogP contribution is -2.27. The topological polar surface area (TPSA) is 81.2 Å². The number of nitrogens with one attached hydrogen (secondary N) is 1. The summed E-state index contributed by atoms with van der Waals surface area (Å²) in [6.07, 6.45) is 3.05. The molecule has 0 unspecified atom stereocenters. The quantitative estimate of drug-likeness (QED) is 0.829. The van der Waals surface area contributed by atoms with Gasteiger partial charge in [0.05, 0.1) is 11.3 Å². The highest BCUT2D eigenvalue weighted by molar-refractivity contribution is 7.97. The van der Waals surface area contributed by atoms with Crippen molar-refractivity contribution in [3.63, 3.8) is 0 Å². The van der Waals surface area contributed by atoms with Crippen LogP contribution in [0.1, 0.15) is 42.4 Å². The van der Waals surface area contributed by atoms with Crippen molar-refractivity contribution in [2.45, 2.75) is 32.8 Å². The molecule has 0 atom stereocenters. The lowest BCUT2D eigenvalue weighted by Gasteiger charge is -2.19. The predicted molar refractivity (Wildman–Crippen MR) is 94.5 cm³/mol. The Morgan fingerprint density at radius 3 is 2.62 bits per heavy atom. The fraction of sp³-hybridized carbons (Fsp3) is 0.294. The average Bonchev–Trinajstić information content (AvgIpc) is 2.45. The maximum absolute atomic E-state index is 11.8. The van der Waals surface area contributed by atoms with Gasteiger partial charge in [-0.05, 0) is 50.6 Å². The van der Waals surface area contributed by atoms with Crippen LogP contribution in [0.25, 0.3) is 0 Å². The summed E-state index contributed by atoms with van der Waals surface area (Å²) < 4.78 is 5.19. The van der Waals surface area contributed by atoms with Crippen molar-refractivity contribution in [3.05, 3.63) is 53.5 Å². The number of hydrogen-bond donors (Lipinski definition) is 2. The zero-order valence-electron chi connectivity index (χ0n) is 13.7. The van der Waals surface area contributed by atoms with Gasteiger partial charge in [-0.2, -0.15) is 0 Å². The summed E-state index contributed by atoms with van der Waals surface area (Å²) in [7, 11) is 0. The van der Waals surface area contributed by atoms with Gasteiger partial charge >= 0.3 is 6.09 Å². The summed E-state index contributed by atoms with van der Waals surface area (Å²) in [6.45, 7) is 5.36. The number of rotatable bonds is 4. The lowest BCUT2D eigenvalue weighted by molar-refractivity contribution is 0.0635. The molecule has 0 radical (unpaired) electrons. The molecule has 7 heteroatoms. The molecule has 1 N–H and O–H groups in total. The first-order valence-electron chi connectivity index (χ1n) is 7.37. The number of ether oxygens (including phenoxy) is 1. The van der Waals surface area contributed by atoms with Crippen LogP contribution < -0.4 is 5.32 Å². The maximum atomic E-state index is 11.8. The first kappa shape index (κ1) is 17.9. The number of thiol groups is 1. The number of carbonyl (C=O) groups is 2. The SMILES string of the molecule is CC(C)(C)OC(=O)Nc1cc(Cc2ncccc2C(=O)S)ccn1. The van der Waals surface area contributed by atoms with Crippen LogP contribution in [0.5, 0.6) is 0 Å². The molecule has 0 aromatic carbocycles. The predicted octanol–water partition coefficient (Wildman–Crippen LogP) is 3.48. The average molecular weight is 345 g/mol. The van der Waals surface area contributed by atoms with Crippen LogP contribution >= 0.6 is 12.6 Å². The monoisotopic (exact) mass is 345 g/mol. The molecule has 24 heavy (non-hydrogen) atoms. The van der Waals surface area contributed by atoms with E-state index in [2.05, 4.69) is 27.9 Å². The molecule has 2 aromatic rings. The molecule has 0 saturated carbocycles. The second-order valence-electron chi connectivity index (χ2n) is 6.16. The Hall–Kier alpha value is -2.41. The zero-order chi connectivity index (χ0) is 17.7. The summed E-state index contributed by atoms with van der Waals surface area (Å²) in [4.78, 5) is 31.7. The van der Waals surface area contributed by atoms with Crippen LogP contribution in [-0.2, 0) is 11.2 Å². The number of carbonyl (C=O) groups excluding carboxylic acids is 2. The van der Waals surface area contributed by atoms with Gasteiger partial charge in [-0.1, -0.05) is 0 Å². The maximum Gasteiger partial charge on any atom is 0.413 e. The van der Waals surface area contributed by atoms with E-state index in [1.165, 1.54) is 0 Å². The molecule has 2 heterocycles. The first-order chi connectivity index (χ1) is 11.2. The molecule has 0 fully saturated rings. The fourth-order valence-corrected chi connectivity index (χ4v) is 2.23. The van der Waals surface area contributed by atoms with Crippen LogP contribution in [0.3, 0.4) is 0 Å². The minimum atomic E-state index is -0.586. The van der Waals surface area contributed by atoms with Gasteiger partial charge in [0, 0.05) is 18.8 Å². The number of anilines is 1. The van der Waals surface area contributed by atoms with E-state index in [0.717, 1.165) is 5.56 Å². The second kappa shape index (κ2) is 7.44. The van der Waals surface area contributed by atoms with Gasteiger partial charge in [0.25, 0.3) is 0 Å². The highest BCUT2D eigenvalue weighted by Gasteiger charge is 2.17. The molecule has 2 rings (SSSR count). The van der Waals surface area contributed by atoms with Crippen LogP contribution in [0.2, 0.25) is 0 Å². The van der Waals surface area contributed by atoms with Gasteiger partial charge in [0.1, 0.15) is 11.4 Å². The van der Waals surface area contributed by atoms with Gasteiger partial charge < -0.3 is 4.74 Å². The van der Waals surface area contributed by atoms with Crippen molar-refractivity contribution in [3.8, 4) is 0 Å². The van der Waals surface area contributed by atoms with Crippen LogP contribution in [-0.4, -0.2) is 26.8 Å². The van der Waals surface area contributed by atoms with Gasteiger partial charge in [-0.3, -0.25) is 15.1 Å². The van der Waals surface area contributed by atoms with E-state index in [4.69, 9.17) is 4.74 Å². The third kappa shape index (κ3) is 5.34. The van der Waals surface area contributed by atoms with Crippen molar-refractivity contribution in [1.82, 2.24) is 9.97 Å². The summed E-state index contributed by atoms with van der Waals surface area (Å²) in [6, 6.07) is 6.88. The van der Waals surface area contributed by atoms with Crippen molar-refractivity contribution in [2.75, 3.05) is 5.32 Å². The van der Waals surface area contributed by atoms with E-state index < -0.39 is 11.7 Å². The van der Waals surface area contributed by atoms with E-state index in [-0.39, 0.29) is 5.12 Å². The van der Waals surface area contributed by atoms with Gasteiger partial charge in [0.15, 0.2) is 0 Å². The second-order valence-corrected chi connectivity index (χ2v) is 6.56. The Balaban J connectivity index is 2.14. The van der Waals surface area contributed by atoms with Crippen molar-refractivity contribution >= 4 is 29.7 Å². The molecule has 126 valence electrons. The van der Waals surface area contributed by atoms with Crippen LogP contribution in [0.4, 0.5) is 10.6 Å². The van der Waals surface area contributed by atoms with Crippen molar-refractivity contribution in [2.24, 2.45) is 0 Å². The molecule has 0 bridgehead atoms. The van der Waals surface area contributed by atoms with E-state index in [0.29, 0.717) is 23.5 Å². The van der Waals surface area contributed by atoms with Gasteiger partial charge in [-0.15, -0.1) is 12.6 Å². The minimum Gasteiger partial charge on any atom is -0.444 e. The van der Waals surface area contributed by atoms with Crippen LogP contribution in [0, 0.1) is 0 Å². The summed E-state index contributed by atoms with van der Waals surface area (Å²) in [5.74, 6) is 0.372. The number of pyridine rings is 2. The van der Waals surface area contributed by atoms with E-state index in [1.54, 1.807) is 57.4 Å². The molecule has 0 saturated heterocycles. The third-order valence-electron chi connectivity index (χ3n) is 2.95. The summed E-state index contributed by atoms with van der Waals surface area (Å²) in [5, 5.41) is 2.25. The molecular weight excluding hydrogens is 326 g/mol. The molecule has 0 aliphatic heterocycles. The Labute approximate surface area is 146 Å². The smallest absolute Gasteiger partial charge is 0.413 e. The molecule has 0 spiro atoms. The largest absolute Gasteiger partial charge is 0.444 e.